The Labute approximate surface area is 136 Å². The molecule has 1 aromatic carbocycles. The second-order valence-corrected chi connectivity index (χ2v) is 5.41. The number of carboxylic acids is 1. The fourth-order valence-electron chi connectivity index (χ4n) is 2.12. The number of aromatic carboxylic acids is 1. The molecule has 1 N–H and O–H groups in total. The lowest BCUT2D eigenvalue weighted by molar-refractivity contribution is 0.0703. The molecule has 0 saturated carbocycles. The highest BCUT2D eigenvalue weighted by Gasteiger charge is 2.16. The molecule has 0 fully saturated rings. The molecule has 0 saturated heterocycles. The van der Waals surface area contributed by atoms with Crippen molar-refractivity contribution in [2.75, 3.05) is 0 Å². The van der Waals surface area contributed by atoms with Gasteiger partial charge in [0, 0.05) is 18.0 Å². The van der Waals surface area contributed by atoms with E-state index in [9.17, 15) is 9.18 Å². The average Bonchev–Trinajstić information content (AvgIpc) is 2.91. The van der Waals surface area contributed by atoms with Crippen LogP contribution in [0.2, 0.25) is 0 Å². The van der Waals surface area contributed by atoms with Gasteiger partial charge >= 0.3 is 5.97 Å². The number of aromatic nitrogens is 1. The van der Waals surface area contributed by atoms with Gasteiger partial charge in [0.2, 0.25) is 0 Å². The maximum absolute atomic E-state index is 13.3. The number of rotatable bonds is 3. The van der Waals surface area contributed by atoms with Crippen molar-refractivity contribution >= 4 is 29.7 Å². The molecule has 0 spiro atoms. The number of nitrogens with zero attached hydrogens (tertiary/aromatic N) is 1. The van der Waals surface area contributed by atoms with Gasteiger partial charge in [0.1, 0.15) is 4.88 Å². The van der Waals surface area contributed by atoms with Crippen LogP contribution in [0.4, 0.5) is 4.39 Å². The Balaban J connectivity index is 0.00000176. The molecule has 22 heavy (non-hydrogen) atoms. The summed E-state index contributed by atoms with van der Waals surface area (Å²) in [5, 5.41) is 8.61. The van der Waals surface area contributed by atoms with Gasteiger partial charge in [-0.3, -0.25) is 4.98 Å². The van der Waals surface area contributed by atoms with Crippen molar-refractivity contribution in [1.82, 2.24) is 4.98 Å². The fraction of sp³-hybridized carbons (Fsp3) is 0. The molecule has 3 nitrogen and oxygen atoms in total. The number of thiophene rings is 1. The van der Waals surface area contributed by atoms with Gasteiger partial charge in [0.25, 0.3) is 0 Å². The largest absolute Gasteiger partial charge is 0.477 e. The molecule has 0 radical (unpaired) electrons. The topological polar surface area (TPSA) is 50.2 Å². The zero-order valence-electron chi connectivity index (χ0n) is 11.2. The Morgan fingerprint density at radius 1 is 1.00 bits per heavy atom. The molecule has 0 amide bonds. The number of hydrogen-bond donors (Lipinski definition) is 1. The third kappa shape index (κ3) is 3.16. The first-order valence-electron chi connectivity index (χ1n) is 6.18. The first-order chi connectivity index (χ1) is 10.1. The molecule has 0 atom stereocenters. The van der Waals surface area contributed by atoms with E-state index < -0.39 is 11.1 Å². The van der Waals surface area contributed by atoms with Crippen molar-refractivity contribution in [3.8, 4) is 22.3 Å². The van der Waals surface area contributed by atoms with E-state index in [0.29, 0.717) is 22.5 Å². The Bertz CT molecular complexity index is 788. The summed E-state index contributed by atoms with van der Waals surface area (Å²) >= 11 is 0.643. The number of carboxylic acid groups (broad SMARTS) is 1. The first-order valence-corrected chi connectivity index (χ1v) is 7.00. The molecule has 2 heterocycles. The summed E-state index contributed by atoms with van der Waals surface area (Å²) in [5.74, 6) is -1.11. The van der Waals surface area contributed by atoms with E-state index in [1.807, 2.05) is 24.3 Å². The molecule has 0 unspecified atom stereocenters. The summed E-state index contributed by atoms with van der Waals surface area (Å²) in [5.41, 5.74) is 3.11. The zero-order valence-corrected chi connectivity index (χ0v) is 12.8. The molecule has 112 valence electrons. The van der Waals surface area contributed by atoms with Crippen molar-refractivity contribution in [1.29, 1.82) is 0 Å². The summed E-state index contributed by atoms with van der Waals surface area (Å²) in [4.78, 5) is 15.1. The van der Waals surface area contributed by atoms with Crippen LogP contribution >= 0.6 is 23.7 Å². The van der Waals surface area contributed by atoms with E-state index in [4.69, 9.17) is 5.11 Å². The van der Waals surface area contributed by atoms with Crippen LogP contribution in [0.5, 0.6) is 0 Å². The van der Waals surface area contributed by atoms with Gasteiger partial charge in [0.05, 0.1) is 0 Å². The number of hydrogen-bond acceptors (Lipinski definition) is 3. The lowest BCUT2D eigenvalue weighted by Crippen LogP contribution is -1.94. The minimum absolute atomic E-state index is 0. The number of carbonyl (C=O) groups is 1. The maximum Gasteiger partial charge on any atom is 0.346 e. The molecule has 3 aromatic rings. The van der Waals surface area contributed by atoms with Crippen LogP contribution in [0, 0.1) is 5.13 Å². The first kappa shape index (κ1) is 16.1. The van der Waals surface area contributed by atoms with Gasteiger partial charge in [-0.05, 0) is 34.9 Å². The van der Waals surface area contributed by atoms with Crippen molar-refractivity contribution in [2.24, 2.45) is 0 Å². The molecular weight excluding hydrogens is 325 g/mol. The van der Waals surface area contributed by atoms with Crippen molar-refractivity contribution in [3.63, 3.8) is 0 Å². The molecule has 0 aliphatic carbocycles. The number of benzene rings is 1. The van der Waals surface area contributed by atoms with Crippen LogP contribution in [-0.4, -0.2) is 16.1 Å². The van der Waals surface area contributed by atoms with E-state index >= 15 is 0 Å². The van der Waals surface area contributed by atoms with Gasteiger partial charge in [-0.15, -0.1) is 12.4 Å². The molecular formula is C16H11ClFNO2S. The predicted molar refractivity (Wildman–Crippen MR) is 87.2 cm³/mol. The minimum Gasteiger partial charge on any atom is -0.477 e. The third-order valence-corrected chi connectivity index (χ3v) is 4.02. The lowest BCUT2D eigenvalue weighted by atomic mass is 10.0. The van der Waals surface area contributed by atoms with Crippen LogP contribution < -0.4 is 0 Å². The molecule has 2 aromatic heterocycles. The van der Waals surface area contributed by atoms with Gasteiger partial charge in [-0.25, -0.2) is 4.79 Å². The molecule has 0 aliphatic heterocycles. The predicted octanol–water partition coefficient (Wildman–Crippen LogP) is 4.74. The van der Waals surface area contributed by atoms with E-state index in [0.717, 1.165) is 11.1 Å². The Hall–Kier alpha value is -2.24. The number of pyridine rings is 1. The van der Waals surface area contributed by atoms with Crippen molar-refractivity contribution in [2.45, 2.75) is 0 Å². The lowest BCUT2D eigenvalue weighted by Gasteiger charge is -2.04. The van der Waals surface area contributed by atoms with E-state index in [2.05, 4.69) is 4.98 Å². The second-order valence-electron chi connectivity index (χ2n) is 4.41. The fourth-order valence-corrected chi connectivity index (χ4v) is 2.87. The van der Waals surface area contributed by atoms with E-state index in [1.54, 1.807) is 24.5 Å². The van der Waals surface area contributed by atoms with E-state index in [1.165, 1.54) is 6.07 Å². The van der Waals surface area contributed by atoms with Gasteiger partial charge in [-0.2, -0.15) is 4.39 Å². The standard InChI is InChI=1S/C16H10FNO2S.ClH/c17-14-9-13(15(21-14)16(19)20)12-3-1-10(2-4-12)11-5-7-18-8-6-11;/h1-9H,(H,19,20);1H. The van der Waals surface area contributed by atoms with Gasteiger partial charge < -0.3 is 5.11 Å². The van der Waals surface area contributed by atoms with E-state index in [-0.39, 0.29) is 17.3 Å². The molecule has 0 bridgehead atoms. The van der Waals surface area contributed by atoms with Gasteiger partial charge in [-0.1, -0.05) is 35.6 Å². The monoisotopic (exact) mass is 335 g/mol. The molecule has 3 rings (SSSR count). The highest BCUT2D eigenvalue weighted by molar-refractivity contribution is 7.12. The highest BCUT2D eigenvalue weighted by atomic mass is 35.5. The Morgan fingerprint density at radius 2 is 1.55 bits per heavy atom. The summed E-state index contributed by atoms with van der Waals surface area (Å²) in [6.45, 7) is 0. The van der Waals surface area contributed by atoms with Crippen molar-refractivity contribution < 1.29 is 14.3 Å². The highest BCUT2D eigenvalue weighted by Crippen LogP contribution is 2.32. The Morgan fingerprint density at radius 3 is 2.14 bits per heavy atom. The minimum atomic E-state index is -1.11. The Kier molecular flexibility index (Phi) is 4.90. The summed E-state index contributed by atoms with van der Waals surface area (Å²) in [6.07, 6.45) is 3.42. The van der Waals surface area contributed by atoms with Crippen LogP contribution in [0.25, 0.3) is 22.3 Å². The normalized spacial score (nSPS) is 10.0. The van der Waals surface area contributed by atoms with Gasteiger partial charge in [0.15, 0.2) is 5.13 Å². The van der Waals surface area contributed by atoms with Crippen molar-refractivity contribution in [3.05, 3.63) is 64.9 Å². The SMILES string of the molecule is Cl.O=C(O)c1sc(F)cc1-c1ccc(-c2ccncc2)cc1. The molecule has 6 heteroatoms. The summed E-state index contributed by atoms with van der Waals surface area (Å²) < 4.78 is 13.3. The van der Waals surface area contributed by atoms with Crippen LogP contribution in [0.1, 0.15) is 9.67 Å². The smallest absolute Gasteiger partial charge is 0.346 e. The summed E-state index contributed by atoms with van der Waals surface area (Å²) in [7, 11) is 0. The van der Waals surface area contributed by atoms with Crippen LogP contribution in [0.15, 0.2) is 54.9 Å². The average molecular weight is 336 g/mol. The summed E-state index contributed by atoms with van der Waals surface area (Å²) in [6, 6.07) is 12.4. The quantitative estimate of drug-likeness (QED) is 0.752. The van der Waals surface area contributed by atoms with Crippen LogP contribution in [-0.2, 0) is 0 Å². The van der Waals surface area contributed by atoms with Crippen LogP contribution in [0.3, 0.4) is 0 Å². The maximum atomic E-state index is 13.3. The zero-order chi connectivity index (χ0) is 14.8. The second kappa shape index (κ2) is 6.68. The molecule has 0 aliphatic rings. The number of halogens is 2. The third-order valence-electron chi connectivity index (χ3n) is 3.11.